The van der Waals surface area contributed by atoms with Crippen molar-refractivity contribution in [2.24, 2.45) is 5.41 Å². The molecule has 1 aromatic carbocycles. The summed E-state index contributed by atoms with van der Waals surface area (Å²) in [6.07, 6.45) is 0. The van der Waals surface area contributed by atoms with Gasteiger partial charge in [-0.1, -0.05) is 26.8 Å². The van der Waals surface area contributed by atoms with Crippen molar-refractivity contribution >= 4 is 21.7 Å². The maximum Gasteiger partial charge on any atom is 0.254 e. The second kappa shape index (κ2) is 6.33. The van der Waals surface area contributed by atoms with Crippen molar-refractivity contribution in [3.63, 3.8) is 0 Å². The van der Waals surface area contributed by atoms with Crippen molar-refractivity contribution in [1.29, 1.82) is 0 Å². The number of hydrogen-bond donors (Lipinski definition) is 0. The Balaban J connectivity index is 1.92. The lowest BCUT2D eigenvalue weighted by Gasteiger charge is -2.45. The standard InChI is InChI=1S/C18H23FN2O4S/c1-18(2,3)17(23)21-8-7-20(14-10-26(24,25)11-15(14)21)16(22)12-5-4-6-13(19)9-12/h4-6,9,14-15H,7-8,10-11H2,1-3H3/t14-,15+/m0/s1. The van der Waals surface area contributed by atoms with Crippen molar-refractivity contribution in [3.8, 4) is 0 Å². The summed E-state index contributed by atoms with van der Waals surface area (Å²) in [6.45, 7) is 5.87. The van der Waals surface area contributed by atoms with Crippen LogP contribution < -0.4 is 0 Å². The number of nitrogens with zero attached hydrogens (tertiary/aromatic N) is 2. The van der Waals surface area contributed by atoms with Gasteiger partial charge in [0.25, 0.3) is 5.91 Å². The summed E-state index contributed by atoms with van der Waals surface area (Å²) in [4.78, 5) is 28.7. The minimum atomic E-state index is -3.36. The number of hydrogen-bond acceptors (Lipinski definition) is 4. The lowest BCUT2D eigenvalue weighted by molar-refractivity contribution is -0.144. The Kier molecular flexibility index (Phi) is 4.58. The number of piperazine rings is 1. The van der Waals surface area contributed by atoms with Gasteiger partial charge in [-0.15, -0.1) is 0 Å². The SMILES string of the molecule is CC(C)(C)C(=O)N1CCN(C(=O)c2cccc(F)c2)[C@H]2CS(=O)(=O)C[C@H]21. The van der Waals surface area contributed by atoms with Crippen molar-refractivity contribution in [3.05, 3.63) is 35.6 Å². The topological polar surface area (TPSA) is 74.8 Å². The zero-order chi connectivity index (χ0) is 19.3. The monoisotopic (exact) mass is 382 g/mol. The summed E-state index contributed by atoms with van der Waals surface area (Å²) in [5.41, 5.74) is -0.449. The molecule has 142 valence electrons. The van der Waals surface area contributed by atoms with Gasteiger partial charge < -0.3 is 9.80 Å². The summed E-state index contributed by atoms with van der Waals surface area (Å²) in [5.74, 6) is -1.37. The number of benzene rings is 1. The average molecular weight is 382 g/mol. The van der Waals surface area contributed by atoms with E-state index >= 15 is 0 Å². The smallest absolute Gasteiger partial charge is 0.254 e. The number of halogens is 1. The molecule has 1 aromatic rings. The van der Waals surface area contributed by atoms with E-state index < -0.39 is 39.1 Å². The highest BCUT2D eigenvalue weighted by Gasteiger charge is 2.50. The highest BCUT2D eigenvalue weighted by molar-refractivity contribution is 7.91. The van der Waals surface area contributed by atoms with Crippen LogP contribution in [0.15, 0.2) is 24.3 Å². The van der Waals surface area contributed by atoms with Gasteiger partial charge in [0, 0.05) is 24.1 Å². The molecule has 6 nitrogen and oxygen atoms in total. The van der Waals surface area contributed by atoms with Gasteiger partial charge in [-0.25, -0.2) is 12.8 Å². The Morgan fingerprint density at radius 2 is 1.65 bits per heavy atom. The summed E-state index contributed by atoms with van der Waals surface area (Å²) in [6, 6.07) is 4.20. The Labute approximate surface area is 152 Å². The molecule has 0 bridgehead atoms. The third-order valence-electron chi connectivity index (χ3n) is 4.91. The van der Waals surface area contributed by atoms with E-state index in [0.29, 0.717) is 0 Å². The zero-order valence-electron chi connectivity index (χ0n) is 15.1. The molecular formula is C18H23FN2O4S. The zero-order valence-corrected chi connectivity index (χ0v) is 15.9. The van der Waals surface area contributed by atoms with Crippen molar-refractivity contribution in [1.82, 2.24) is 9.80 Å². The van der Waals surface area contributed by atoms with Crippen LogP contribution in [0.5, 0.6) is 0 Å². The van der Waals surface area contributed by atoms with Gasteiger partial charge in [0.15, 0.2) is 9.84 Å². The number of sulfone groups is 1. The fourth-order valence-electron chi connectivity index (χ4n) is 3.68. The highest BCUT2D eigenvalue weighted by Crippen LogP contribution is 2.31. The number of amides is 2. The van der Waals surface area contributed by atoms with Gasteiger partial charge in [-0.05, 0) is 18.2 Å². The molecule has 2 aliphatic heterocycles. The van der Waals surface area contributed by atoms with E-state index in [-0.39, 0.29) is 36.1 Å². The first-order valence-electron chi connectivity index (χ1n) is 8.58. The molecule has 0 aliphatic carbocycles. The largest absolute Gasteiger partial charge is 0.334 e. The molecule has 2 saturated heterocycles. The predicted octanol–water partition coefficient (Wildman–Crippen LogP) is 1.32. The summed E-state index contributed by atoms with van der Waals surface area (Å²) in [5, 5.41) is 0. The van der Waals surface area contributed by atoms with Gasteiger partial charge >= 0.3 is 0 Å². The van der Waals surface area contributed by atoms with Crippen LogP contribution in [-0.2, 0) is 14.6 Å². The number of rotatable bonds is 1. The molecule has 0 radical (unpaired) electrons. The Morgan fingerprint density at radius 1 is 1.08 bits per heavy atom. The van der Waals surface area contributed by atoms with Gasteiger partial charge in [0.05, 0.1) is 23.6 Å². The Morgan fingerprint density at radius 3 is 2.23 bits per heavy atom. The average Bonchev–Trinajstić information content (AvgIpc) is 2.86. The van der Waals surface area contributed by atoms with Crippen LogP contribution in [0, 0.1) is 11.2 Å². The summed E-state index contributed by atoms with van der Waals surface area (Å²) >= 11 is 0. The Hall–Kier alpha value is -1.96. The molecular weight excluding hydrogens is 359 g/mol. The fourth-order valence-corrected chi connectivity index (χ4v) is 5.66. The molecule has 2 heterocycles. The minimum absolute atomic E-state index is 0.123. The number of carbonyl (C=O) groups is 2. The third-order valence-corrected chi connectivity index (χ3v) is 6.61. The number of fused-ring (bicyclic) bond motifs is 1. The van der Waals surface area contributed by atoms with Gasteiger partial charge in [0.1, 0.15) is 5.82 Å². The maximum absolute atomic E-state index is 13.5. The number of carbonyl (C=O) groups excluding carboxylic acids is 2. The van der Waals surface area contributed by atoms with E-state index in [1.165, 1.54) is 23.1 Å². The van der Waals surface area contributed by atoms with Gasteiger partial charge in [-0.3, -0.25) is 9.59 Å². The first kappa shape index (κ1) is 18.8. The molecule has 3 rings (SSSR count). The molecule has 26 heavy (non-hydrogen) atoms. The normalized spacial score (nSPS) is 25.1. The first-order valence-corrected chi connectivity index (χ1v) is 10.4. The van der Waals surface area contributed by atoms with Crippen LogP contribution in [0.2, 0.25) is 0 Å². The van der Waals surface area contributed by atoms with E-state index in [0.717, 1.165) is 6.07 Å². The van der Waals surface area contributed by atoms with Crippen LogP contribution in [0.3, 0.4) is 0 Å². The Bertz CT molecular complexity index is 847. The van der Waals surface area contributed by atoms with Crippen LogP contribution in [-0.4, -0.2) is 66.7 Å². The van der Waals surface area contributed by atoms with E-state index in [9.17, 15) is 22.4 Å². The van der Waals surface area contributed by atoms with Crippen LogP contribution in [0.4, 0.5) is 4.39 Å². The van der Waals surface area contributed by atoms with E-state index in [1.54, 1.807) is 25.7 Å². The van der Waals surface area contributed by atoms with Crippen molar-refractivity contribution in [2.45, 2.75) is 32.9 Å². The molecule has 8 heteroatoms. The highest BCUT2D eigenvalue weighted by atomic mass is 32.2. The summed E-state index contributed by atoms with van der Waals surface area (Å²) < 4.78 is 37.9. The van der Waals surface area contributed by atoms with Crippen LogP contribution in [0.1, 0.15) is 31.1 Å². The fraction of sp³-hybridized carbons (Fsp3) is 0.556. The van der Waals surface area contributed by atoms with E-state index in [4.69, 9.17) is 0 Å². The first-order chi connectivity index (χ1) is 12.0. The predicted molar refractivity (Wildman–Crippen MR) is 94.8 cm³/mol. The van der Waals surface area contributed by atoms with Gasteiger partial charge in [-0.2, -0.15) is 0 Å². The second-order valence-electron chi connectivity index (χ2n) is 7.97. The van der Waals surface area contributed by atoms with Crippen molar-refractivity contribution < 1.29 is 22.4 Å². The molecule has 2 aliphatic rings. The summed E-state index contributed by atoms with van der Waals surface area (Å²) in [7, 11) is -3.36. The minimum Gasteiger partial charge on any atom is -0.334 e. The van der Waals surface area contributed by atoms with Crippen LogP contribution >= 0.6 is 0 Å². The molecule has 0 spiro atoms. The van der Waals surface area contributed by atoms with E-state index in [2.05, 4.69) is 0 Å². The molecule has 0 aromatic heterocycles. The lowest BCUT2D eigenvalue weighted by atomic mass is 9.92. The third kappa shape index (κ3) is 3.47. The molecule has 2 atom stereocenters. The maximum atomic E-state index is 13.5. The second-order valence-corrected chi connectivity index (χ2v) is 10.1. The quantitative estimate of drug-likeness (QED) is 0.734. The lowest BCUT2D eigenvalue weighted by Crippen LogP contribution is -2.63. The van der Waals surface area contributed by atoms with Crippen molar-refractivity contribution in [2.75, 3.05) is 24.6 Å². The van der Waals surface area contributed by atoms with Crippen LogP contribution in [0.25, 0.3) is 0 Å². The molecule has 2 fully saturated rings. The molecule has 0 unspecified atom stereocenters. The van der Waals surface area contributed by atoms with E-state index in [1.807, 2.05) is 0 Å². The van der Waals surface area contributed by atoms with Gasteiger partial charge in [0.2, 0.25) is 5.91 Å². The molecule has 2 amide bonds. The molecule has 0 saturated carbocycles. The molecule has 0 N–H and O–H groups in total.